The van der Waals surface area contributed by atoms with Crippen LogP contribution in [-0.4, -0.2) is 41.8 Å². The summed E-state index contributed by atoms with van der Waals surface area (Å²) >= 11 is 0. The summed E-state index contributed by atoms with van der Waals surface area (Å²) in [7, 11) is 0. The van der Waals surface area contributed by atoms with Crippen LogP contribution >= 0.6 is 0 Å². The molecule has 1 aliphatic heterocycles. The van der Waals surface area contributed by atoms with Crippen LogP contribution in [0.25, 0.3) is 0 Å². The number of rotatable bonds is 3. The van der Waals surface area contributed by atoms with Gasteiger partial charge >= 0.3 is 6.03 Å². The van der Waals surface area contributed by atoms with Crippen molar-refractivity contribution in [3.63, 3.8) is 0 Å². The van der Waals surface area contributed by atoms with Gasteiger partial charge in [0, 0.05) is 19.6 Å². The second-order valence-electron chi connectivity index (χ2n) is 5.45. The Balaban J connectivity index is 2.36. The Morgan fingerprint density at radius 2 is 2.20 bits per heavy atom. The first-order valence-corrected chi connectivity index (χ1v) is 5.59. The molecule has 0 radical (unpaired) electrons. The Morgan fingerprint density at radius 1 is 1.53 bits per heavy atom. The molecular formula is C11H22N2O2. The third-order valence-corrected chi connectivity index (χ3v) is 2.45. The molecule has 1 unspecified atom stereocenters. The Hall–Kier alpha value is -0.770. The van der Waals surface area contributed by atoms with Gasteiger partial charge in [0.2, 0.25) is 0 Å². The summed E-state index contributed by atoms with van der Waals surface area (Å²) in [6.07, 6.45) is 1.26. The zero-order valence-corrected chi connectivity index (χ0v) is 9.92. The van der Waals surface area contributed by atoms with Gasteiger partial charge < -0.3 is 15.3 Å². The quantitative estimate of drug-likeness (QED) is 0.741. The minimum atomic E-state index is -0.422. The van der Waals surface area contributed by atoms with Gasteiger partial charge in [0.25, 0.3) is 0 Å². The fourth-order valence-electron chi connectivity index (χ4n) is 1.88. The number of nitrogens with one attached hydrogen (secondary N) is 1. The first-order valence-electron chi connectivity index (χ1n) is 5.59. The molecule has 0 aliphatic carbocycles. The van der Waals surface area contributed by atoms with Crippen LogP contribution in [0.1, 0.15) is 33.6 Å². The van der Waals surface area contributed by atoms with Crippen molar-refractivity contribution in [1.82, 2.24) is 10.2 Å². The summed E-state index contributed by atoms with van der Waals surface area (Å²) in [6.45, 7) is 8.23. The van der Waals surface area contributed by atoms with Crippen molar-refractivity contribution in [2.45, 2.75) is 39.7 Å². The molecule has 15 heavy (non-hydrogen) atoms. The van der Waals surface area contributed by atoms with Crippen LogP contribution in [0.2, 0.25) is 0 Å². The largest absolute Gasteiger partial charge is 0.391 e. The molecule has 4 heteroatoms. The van der Waals surface area contributed by atoms with Gasteiger partial charge in [-0.05, 0) is 18.3 Å². The van der Waals surface area contributed by atoms with Crippen LogP contribution < -0.4 is 5.32 Å². The number of aliphatic hydroxyl groups is 1. The average molecular weight is 214 g/mol. The van der Waals surface area contributed by atoms with Crippen molar-refractivity contribution >= 4 is 6.03 Å². The molecule has 0 aromatic carbocycles. The molecule has 1 fully saturated rings. The molecule has 1 saturated heterocycles. The SMILES string of the molecule is CC(C)(C)CC(O)CN1CCCNC1=O. The maximum absolute atomic E-state index is 11.4. The predicted octanol–water partition coefficient (Wildman–Crippen LogP) is 1.20. The van der Waals surface area contributed by atoms with E-state index >= 15 is 0 Å². The molecular weight excluding hydrogens is 192 g/mol. The smallest absolute Gasteiger partial charge is 0.317 e. The van der Waals surface area contributed by atoms with Crippen LogP contribution in [0.5, 0.6) is 0 Å². The molecule has 1 aliphatic rings. The van der Waals surface area contributed by atoms with Gasteiger partial charge in [-0.15, -0.1) is 0 Å². The first-order chi connectivity index (χ1) is 6.88. The van der Waals surface area contributed by atoms with E-state index in [4.69, 9.17) is 0 Å². The minimum Gasteiger partial charge on any atom is -0.391 e. The fraction of sp³-hybridized carbons (Fsp3) is 0.909. The standard InChI is InChI=1S/C11H22N2O2/c1-11(2,3)7-9(14)8-13-6-4-5-12-10(13)15/h9,14H,4-8H2,1-3H3,(H,12,15). The third kappa shape index (κ3) is 4.51. The molecule has 2 N–H and O–H groups in total. The Kier molecular flexibility index (Phi) is 3.97. The molecule has 88 valence electrons. The van der Waals surface area contributed by atoms with Crippen molar-refractivity contribution in [2.24, 2.45) is 5.41 Å². The number of carbonyl (C=O) groups excluding carboxylic acids is 1. The minimum absolute atomic E-state index is 0.0470. The van der Waals surface area contributed by atoms with Gasteiger partial charge in [0.05, 0.1) is 6.10 Å². The lowest BCUT2D eigenvalue weighted by Crippen LogP contribution is -2.49. The highest BCUT2D eigenvalue weighted by atomic mass is 16.3. The lowest BCUT2D eigenvalue weighted by molar-refractivity contribution is 0.0817. The second kappa shape index (κ2) is 4.84. The summed E-state index contributed by atoms with van der Waals surface area (Å²) in [5.41, 5.74) is 0.103. The highest BCUT2D eigenvalue weighted by molar-refractivity contribution is 5.74. The maximum atomic E-state index is 11.4. The summed E-state index contributed by atoms with van der Waals surface area (Å²) in [5.74, 6) is 0. The summed E-state index contributed by atoms with van der Waals surface area (Å²) in [4.78, 5) is 13.1. The molecule has 2 amide bonds. The van der Waals surface area contributed by atoms with E-state index in [0.717, 1.165) is 25.9 Å². The molecule has 0 bridgehead atoms. The Labute approximate surface area is 91.6 Å². The third-order valence-electron chi connectivity index (χ3n) is 2.45. The first kappa shape index (κ1) is 12.3. The van der Waals surface area contributed by atoms with Gasteiger partial charge in [-0.25, -0.2) is 4.79 Å². The molecule has 1 atom stereocenters. The lowest BCUT2D eigenvalue weighted by atomic mass is 9.89. The highest BCUT2D eigenvalue weighted by Crippen LogP contribution is 2.21. The van der Waals surface area contributed by atoms with E-state index in [1.165, 1.54) is 0 Å². The van der Waals surface area contributed by atoms with Crippen molar-refractivity contribution in [1.29, 1.82) is 0 Å². The molecule has 0 aromatic rings. The lowest BCUT2D eigenvalue weighted by Gasteiger charge is -2.31. The molecule has 0 saturated carbocycles. The van der Waals surface area contributed by atoms with E-state index in [1.54, 1.807) is 4.90 Å². The Bertz CT molecular complexity index is 223. The zero-order chi connectivity index (χ0) is 11.5. The summed E-state index contributed by atoms with van der Waals surface area (Å²) in [5, 5.41) is 12.6. The zero-order valence-electron chi connectivity index (χ0n) is 9.92. The molecule has 0 aromatic heterocycles. The molecule has 4 nitrogen and oxygen atoms in total. The number of carbonyl (C=O) groups is 1. The predicted molar refractivity (Wildman–Crippen MR) is 59.7 cm³/mol. The van der Waals surface area contributed by atoms with Crippen LogP contribution in [0.3, 0.4) is 0 Å². The van der Waals surface area contributed by atoms with E-state index in [9.17, 15) is 9.90 Å². The number of hydrogen-bond donors (Lipinski definition) is 2. The number of urea groups is 1. The summed E-state index contributed by atoms with van der Waals surface area (Å²) < 4.78 is 0. The molecule has 0 spiro atoms. The maximum Gasteiger partial charge on any atom is 0.317 e. The molecule has 1 heterocycles. The van der Waals surface area contributed by atoms with Crippen molar-refractivity contribution in [3.05, 3.63) is 0 Å². The van der Waals surface area contributed by atoms with Gasteiger partial charge in [-0.1, -0.05) is 20.8 Å². The number of amides is 2. The van der Waals surface area contributed by atoms with Crippen LogP contribution in [0.4, 0.5) is 4.79 Å². The van der Waals surface area contributed by atoms with Crippen molar-refractivity contribution in [2.75, 3.05) is 19.6 Å². The van der Waals surface area contributed by atoms with Gasteiger partial charge in [0.1, 0.15) is 0 Å². The average Bonchev–Trinajstić information content (AvgIpc) is 2.05. The van der Waals surface area contributed by atoms with Crippen molar-refractivity contribution in [3.8, 4) is 0 Å². The van der Waals surface area contributed by atoms with Crippen molar-refractivity contribution < 1.29 is 9.90 Å². The van der Waals surface area contributed by atoms with E-state index < -0.39 is 6.10 Å². The highest BCUT2D eigenvalue weighted by Gasteiger charge is 2.23. The number of hydrogen-bond acceptors (Lipinski definition) is 2. The number of nitrogens with zero attached hydrogens (tertiary/aromatic N) is 1. The second-order valence-corrected chi connectivity index (χ2v) is 5.45. The monoisotopic (exact) mass is 214 g/mol. The normalized spacial score (nSPS) is 20.0. The van der Waals surface area contributed by atoms with Crippen LogP contribution in [0, 0.1) is 5.41 Å². The topological polar surface area (TPSA) is 52.6 Å². The number of aliphatic hydroxyl groups excluding tert-OH is 1. The fourth-order valence-corrected chi connectivity index (χ4v) is 1.88. The number of β-amino-alcohol motifs (C(OH)–C–C–N with tert-alkyl or cyclic N) is 1. The van der Waals surface area contributed by atoms with Gasteiger partial charge in [-0.2, -0.15) is 0 Å². The van der Waals surface area contributed by atoms with E-state index in [1.807, 2.05) is 0 Å². The van der Waals surface area contributed by atoms with Crippen LogP contribution in [-0.2, 0) is 0 Å². The van der Waals surface area contributed by atoms with E-state index in [0.29, 0.717) is 6.54 Å². The van der Waals surface area contributed by atoms with E-state index in [2.05, 4.69) is 26.1 Å². The van der Waals surface area contributed by atoms with E-state index in [-0.39, 0.29) is 11.4 Å². The Morgan fingerprint density at radius 3 is 2.73 bits per heavy atom. The van der Waals surface area contributed by atoms with Crippen LogP contribution in [0.15, 0.2) is 0 Å². The van der Waals surface area contributed by atoms with Gasteiger partial charge in [0.15, 0.2) is 0 Å². The summed E-state index contributed by atoms with van der Waals surface area (Å²) in [6, 6.07) is -0.0470. The molecule has 1 rings (SSSR count). The van der Waals surface area contributed by atoms with Gasteiger partial charge in [-0.3, -0.25) is 0 Å².